The second-order valence-electron chi connectivity index (χ2n) is 4.71. The van der Waals surface area contributed by atoms with E-state index >= 15 is 0 Å². The van der Waals surface area contributed by atoms with Crippen LogP contribution in [0, 0.1) is 6.92 Å². The average Bonchev–Trinajstić information content (AvgIpc) is 2.41. The molecule has 0 fully saturated rings. The molecule has 5 heteroatoms. The largest absolute Gasteiger partial charge is 0.381 e. The molecule has 0 unspecified atom stereocenters. The zero-order chi connectivity index (χ0) is 15.4. The normalized spacial score (nSPS) is 10.3. The fraction of sp³-hybridized carbons (Fsp3) is 0.188. The van der Waals surface area contributed by atoms with Crippen molar-refractivity contribution in [2.24, 2.45) is 0 Å². The van der Waals surface area contributed by atoms with Crippen molar-refractivity contribution < 1.29 is 4.79 Å². The first-order valence-corrected chi connectivity index (χ1v) is 7.28. The van der Waals surface area contributed by atoms with Gasteiger partial charge in [0, 0.05) is 40.5 Å². The molecule has 0 radical (unpaired) electrons. The van der Waals surface area contributed by atoms with Crippen LogP contribution in [-0.4, -0.2) is 5.91 Å². The first-order valence-electron chi connectivity index (χ1n) is 6.53. The molecule has 3 nitrogen and oxygen atoms in total. The van der Waals surface area contributed by atoms with Gasteiger partial charge in [0.05, 0.1) is 0 Å². The van der Waals surface area contributed by atoms with Crippen LogP contribution in [0.15, 0.2) is 36.4 Å². The average molecular weight is 323 g/mol. The number of halogens is 2. The van der Waals surface area contributed by atoms with Crippen molar-refractivity contribution in [1.82, 2.24) is 0 Å². The Hall–Kier alpha value is -1.71. The van der Waals surface area contributed by atoms with Crippen LogP contribution in [0.1, 0.15) is 18.1 Å². The maximum Gasteiger partial charge on any atom is 0.221 e. The number of hydrogen-bond acceptors (Lipinski definition) is 2. The highest BCUT2D eigenvalue weighted by molar-refractivity contribution is 6.36. The fourth-order valence-corrected chi connectivity index (χ4v) is 2.57. The van der Waals surface area contributed by atoms with Crippen LogP contribution in [0.5, 0.6) is 0 Å². The summed E-state index contributed by atoms with van der Waals surface area (Å²) in [6.45, 7) is 3.95. The topological polar surface area (TPSA) is 41.1 Å². The maximum atomic E-state index is 11.2. The molecule has 0 aliphatic rings. The molecule has 0 aliphatic carbocycles. The molecule has 2 aromatic carbocycles. The van der Waals surface area contributed by atoms with Crippen LogP contribution in [0.4, 0.5) is 11.4 Å². The van der Waals surface area contributed by atoms with Crippen molar-refractivity contribution in [3.05, 3.63) is 57.6 Å². The Balaban J connectivity index is 2.19. The molecule has 0 atom stereocenters. The first kappa shape index (κ1) is 15.7. The van der Waals surface area contributed by atoms with E-state index in [1.807, 2.05) is 43.3 Å². The highest BCUT2D eigenvalue weighted by Gasteiger charge is 2.08. The van der Waals surface area contributed by atoms with E-state index in [9.17, 15) is 4.79 Å². The smallest absolute Gasteiger partial charge is 0.221 e. The Morgan fingerprint density at radius 3 is 2.24 bits per heavy atom. The monoisotopic (exact) mass is 322 g/mol. The van der Waals surface area contributed by atoms with Gasteiger partial charge in [0.15, 0.2) is 0 Å². The summed E-state index contributed by atoms with van der Waals surface area (Å²) in [5, 5.41) is 7.37. The molecule has 0 aromatic heterocycles. The van der Waals surface area contributed by atoms with Gasteiger partial charge >= 0.3 is 0 Å². The quantitative estimate of drug-likeness (QED) is 0.842. The van der Waals surface area contributed by atoms with Gasteiger partial charge in [-0.1, -0.05) is 35.3 Å². The minimum atomic E-state index is -0.0931. The van der Waals surface area contributed by atoms with E-state index in [4.69, 9.17) is 23.2 Å². The molecule has 1 amide bonds. The van der Waals surface area contributed by atoms with E-state index in [1.54, 1.807) is 0 Å². The third-order valence-corrected chi connectivity index (χ3v) is 3.87. The minimum absolute atomic E-state index is 0.0931. The van der Waals surface area contributed by atoms with Gasteiger partial charge in [0.1, 0.15) is 0 Å². The number of nitrogens with one attached hydrogen (secondary N) is 2. The van der Waals surface area contributed by atoms with Gasteiger partial charge in [-0.15, -0.1) is 0 Å². The van der Waals surface area contributed by atoms with Crippen molar-refractivity contribution in [2.75, 3.05) is 10.6 Å². The van der Waals surface area contributed by atoms with Crippen molar-refractivity contribution in [1.29, 1.82) is 0 Å². The Morgan fingerprint density at radius 1 is 1.05 bits per heavy atom. The zero-order valence-electron chi connectivity index (χ0n) is 11.8. The summed E-state index contributed by atoms with van der Waals surface area (Å²) >= 11 is 12.3. The van der Waals surface area contributed by atoms with Gasteiger partial charge in [0.2, 0.25) is 5.91 Å². The zero-order valence-corrected chi connectivity index (χ0v) is 13.3. The minimum Gasteiger partial charge on any atom is -0.381 e. The van der Waals surface area contributed by atoms with Crippen LogP contribution in [0.25, 0.3) is 0 Å². The number of benzene rings is 2. The Bertz CT molecular complexity index is 651. The third-order valence-electron chi connectivity index (χ3n) is 3.16. The molecule has 21 heavy (non-hydrogen) atoms. The number of anilines is 2. The number of carbonyl (C=O) groups excluding carboxylic acids is 1. The summed E-state index contributed by atoms with van der Waals surface area (Å²) in [5.74, 6) is -0.0931. The molecule has 2 rings (SSSR count). The predicted octanol–water partition coefficient (Wildman–Crippen LogP) is 4.87. The molecule has 0 saturated heterocycles. The SMILES string of the molecule is CC(=O)Nc1cccc(NCc2c(Cl)cccc2Cl)c1C. The van der Waals surface area contributed by atoms with E-state index in [2.05, 4.69) is 10.6 Å². The summed E-state index contributed by atoms with van der Waals surface area (Å²) in [6, 6.07) is 11.1. The van der Waals surface area contributed by atoms with Crippen molar-refractivity contribution >= 4 is 40.5 Å². The lowest BCUT2D eigenvalue weighted by atomic mass is 10.1. The lowest BCUT2D eigenvalue weighted by Gasteiger charge is -2.14. The van der Waals surface area contributed by atoms with Crippen LogP contribution in [0.2, 0.25) is 10.0 Å². The number of hydrogen-bond donors (Lipinski definition) is 2. The van der Waals surface area contributed by atoms with E-state index in [-0.39, 0.29) is 5.91 Å². The molecule has 0 bridgehead atoms. The summed E-state index contributed by atoms with van der Waals surface area (Å²) < 4.78 is 0. The Labute approximate surface area is 134 Å². The number of amides is 1. The molecule has 2 aromatic rings. The molecular weight excluding hydrogens is 307 g/mol. The predicted molar refractivity (Wildman–Crippen MR) is 89.3 cm³/mol. The van der Waals surface area contributed by atoms with Crippen molar-refractivity contribution in [3.63, 3.8) is 0 Å². The Kier molecular flexibility index (Phi) is 5.10. The van der Waals surface area contributed by atoms with Crippen LogP contribution < -0.4 is 10.6 Å². The number of carbonyl (C=O) groups is 1. The molecule has 0 heterocycles. The lowest BCUT2D eigenvalue weighted by Crippen LogP contribution is -2.09. The summed E-state index contributed by atoms with van der Waals surface area (Å²) in [5.41, 5.74) is 3.54. The third kappa shape index (κ3) is 3.90. The van der Waals surface area contributed by atoms with Gasteiger partial charge in [-0.2, -0.15) is 0 Å². The highest BCUT2D eigenvalue weighted by Crippen LogP contribution is 2.27. The first-order chi connectivity index (χ1) is 9.99. The van der Waals surface area contributed by atoms with Crippen LogP contribution in [-0.2, 0) is 11.3 Å². The molecule has 110 valence electrons. The van der Waals surface area contributed by atoms with Crippen LogP contribution in [0.3, 0.4) is 0 Å². The molecular formula is C16H16Cl2N2O. The fourth-order valence-electron chi connectivity index (χ4n) is 2.04. The molecule has 2 N–H and O–H groups in total. The highest BCUT2D eigenvalue weighted by atomic mass is 35.5. The summed E-state index contributed by atoms with van der Waals surface area (Å²) in [6.07, 6.45) is 0. The molecule has 0 saturated carbocycles. The molecule has 0 aliphatic heterocycles. The van der Waals surface area contributed by atoms with E-state index in [0.717, 1.165) is 22.5 Å². The summed E-state index contributed by atoms with van der Waals surface area (Å²) in [4.78, 5) is 11.2. The van der Waals surface area contributed by atoms with Gasteiger partial charge in [0.25, 0.3) is 0 Å². The molecule has 0 spiro atoms. The van der Waals surface area contributed by atoms with Crippen molar-refractivity contribution in [3.8, 4) is 0 Å². The lowest BCUT2D eigenvalue weighted by molar-refractivity contribution is -0.114. The van der Waals surface area contributed by atoms with E-state index < -0.39 is 0 Å². The second kappa shape index (κ2) is 6.83. The van der Waals surface area contributed by atoms with Gasteiger partial charge in [-0.3, -0.25) is 4.79 Å². The van der Waals surface area contributed by atoms with Crippen molar-refractivity contribution in [2.45, 2.75) is 20.4 Å². The van der Waals surface area contributed by atoms with Gasteiger partial charge < -0.3 is 10.6 Å². The number of rotatable bonds is 4. The van der Waals surface area contributed by atoms with Crippen LogP contribution >= 0.6 is 23.2 Å². The Morgan fingerprint density at radius 2 is 1.62 bits per heavy atom. The summed E-state index contributed by atoms with van der Waals surface area (Å²) in [7, 11) is 0. The second-order valence-corrected chi connectivity index (χ2v) is 5.53. The van der Waals surface area contributed by atoms with E-state index in [0.29, 0.717) is 16.6 Å². The maximum absolute atomic E-state index is 11.2. The van der Waals surface area contributed by atoms with Gasteiger partial charge in [-0.05, 0) is 36.8 Å². The van der Waals surface area contributed by atoms with E-state index in [1.165, 1.54) is 6.92 Å². The van der Waals surface area contributed by atoms with Gasteiger partial charge in [-0.25, -0.2) is 0 Å². The standard InChI is InChI=1S/C16H16Cl2N2O/c1-10-15(7-4-8-16(10)20-11(2)21)19-9-12-13(17)5-3-6-14(12)18/h3-8,19H,9H2,1-2H3,(H,20,21).